The number of benzene rings is 2. The number of nitrogens with zero attached hydrogens (tertiary/aromatic N) is 4. The Morgan fingerprint density at radius 1 is 1.07 bits per heavy atom. The summed E-state index contributed by atoms with van der Waals surface area (Å²) in [6.45, 7) is 3.85. The van der Waals surface area contributed by atoms with Gasteiger partial charge in [0.05, 0.1) is 5.69 Å². The van der Waals surface area contributed by atoms with E-state index in [0.717, 1.165) is 16.7 Å². The Morgan fingerprint density at radius 3 is 2.54 bits per heavy atom. The molecule has 0 saturated heterocycles. The zero-order valence-electron chi connectivity index (χ0n) is 15.0. The maximum Gasteiger partial charge on any atom is 0.358 e. The lowest BCUT2D eigenvalue weighted by molar-refractivity contribution is 0.0690. The van der Waals surface area contributed by atoms with Crippen molar-refractivity contribution >= 4 is 17.6 Å². The van der Waals surface area contributed by atoms with Crippen molar-refractivity contribution in [3.05, 3.63) is 70.4 Å². The molecule has 7 nitrogen and oxygen atoms in total. The Kier molecular flexibility index (Phi) is 4.44. The molecule has 0 radical (unpaired) electrons. The fourth-order valence-electron chi connectivity index (χ4n) is 2.91. The van der Waals surface area contributed by atoms with E-state index in [1.54, 1.807) is 0 Å². The predicted molar refractivity (Wildman–Crippen MR) is 104 cm³/mol. The van der Waals surface area contributed by atoms with Crippen LogP contribution in [0.15, 0.2) is 52.9 Å². The first-order valence-corrected chi connectivity index (χ1v) is 8.82. The number of carboxylic acids is 1. The zero-order chi connectivity index (χ0) is 19.8. The number of para-hydroxylation sites is 1. The minimum atomic E-state index is -1.24. The van der Waals surface area contributed by atoms with Gasteiger partial charge in [-0.15, -0.1) is 10.2 Å². The quantitative estimate of drug-likeness (QED) is 0.545. The van der Waals surface area contributed by atoms with Crippen molar-refractivity contribution in [2.75, 3.05) is 0 Å². The van der Waals surface area contributed by atoms with E-state index in [9.17, 15) is 9.90 Å². The first-order valence-electron chi connectivity index (χ1n) is 8.44. The Morgan fingerprint density at radius 2 is 1.82 bits per heavy atom. The van der Waals surface area contributed by atoms with Gasteiger partial charge in [-0.25, -0.2) is 9.48 Å². The summed E-state index contributed by atoms with van der Waals surface area (Å²) in [7, 11) is 0. The monoisotopic (exact) mass is 394 g/mol. The van der Waals surface area contributed by atoms with E-state index in [2.05, 4.69) is 15.3 Å². The molecule has 2 aromatic heterocycles. The van der Waals surface area contributed by atoms with Crippen molar-refractivity contribution in [2.24, 2.45) is 0 Å². The van der Waals surface area contributed by atoms with Gasteiger partial charge in [0, 0.05) is 5.56 Å². The molecular formula is C20H15ClN4O3. The van der Waals surface area contributed by atoms with Crippen LogP contribution in [0.3, 0.4) is 0 Å². The average Bonchev–Trinajstić information content (AvgIpc) is 3.27. The van der Waals surface area contributed by atoms with Crippen LogP contribution in [0.1, 0.15) is 21.6 Å². The molecule has 28 heavy (non-hydrogen) atoms. The first kappa shape index (κ1) is 17.9. The maximum absolute atomic E-state index is 11.6. The van der Waals surface area contributed by atoms with E-state index >= 15 is 0 Å². The fraction of sp³-hybridized carbons (Fsp3) is 0.100. The summed E-state index contributed by atoms with van der Waals surface area (Å²) < 4.78 is 7.25. The second-order valence-corrected chi connectivity index (χ2v) is 6.67. The number of aromatic carboxylic acids is 1. The molecule has 0 aliphatic carbocycles. The molecule has 4 aromatic rings. The van der Waals surface area contributed by atoms with Crippen molar-refractivity contribution in [1.29, 1.82) is 0 Å². The standard InChI is InChI=1S/C20H15ClN4O3/c1-11-6-5-8-13(10-11)18-22-23-19(28-18)17-15(21)16(20(26)27)24-25(17)14-9-4-3-7-12(14)2/h3-10H,1-2H3,(H,26,27). The summed E-state index contributed by atoms with van der Waals surface area (Å²) in [5.74, 6) is -0.842. The number of hydrogen-bond donors (Lipinski definition) is 1. The van der Waals surface area contributed by atoms with Crippen LogP contribution in [-0.2, 0) is 0 Å². The van der Waals surface area contributed by atoms with Gasteiger partial charge < -0.3 is 9.52 Å². The number of carbonyl (C=O) groups is 1. The molecule has 0 saturated carbocycles. The van der Waals surface area contributed by atoms with Crippen LogP contribution in [-0.4, -0.2) is 31.1 Å². The van der Waals surface area contributed by atoms with Crippen LogP contribution in [0.25, 0.3) is 28.7 Å². The Bertz CT molecular complexity index is 1200. The van der Waals surface area contributed by atoms with Gasteiger partial charge in [-0.05, 0) is 37.6 Å². The molecule has 0 amide bonds. The van der Waals surface area contributed by atoms with E-state index in [1.807, 2.05) is 62.4 Å². The number of aryl methyl sites for hydroxylation is 2. The van der Waals surface area contributed by atoms with Gasteiger partial charge in [0.25, 0.3) is 5.89 Å². The van der Waals surface area contributed by atoms with Gasteiger partial charge in [-0.3, -0.25) is 0 Å². The van der Waals surface area contributed by atoms with Gasteiger partial charge in [-0.1, -0.05) is 47.5 Å². The van der Waals surface area contributed by atoms with Gasteiger partial charge in [-0.2, -0.15) is 5.10 Å². The summed E-state index contributed by atoms with van der Waals surface area (Å²) in [5, 5.41) is 21.7. The lowest BCUT2D eigenvalue weighted by Crippen LogP contribution is -2.03. The molecule has 8 heteroatoms. The average molecular weight is 395 g/mol. The molecule has 140 valence electrons. The summed E-state index contributed by atoms with van der Waals surface area (Å²) in [6, 6.07) is 15.0. The largest absolute Gasteiger partial charge is 0.476 e. The van der Waals surface area contributed by atoms with Crippen molar-refractivity contribution in [3.63, 3.8) is 0 Å². The van der Waals surface area contributed by atoms with Crippen LogP contribution in [0.5, 0.6) is 0 Å². The predicted octanol–water partition coefficient (Wildman–Crippen LogP) is 4.56. The Hall–Kier alpha value is -3.45. The zero-order valence-corrected chi connectivity index (χ0v) is 15.8. The lowest BCUT2D eigenvalue weighted by Gasteiger charge is -2.07. The Labute approximate surface area is 165 Å². The molecule has 0 unspecified atom stereocenters. The molecule has 0 spiro atoms. The molecule has 0 bridgehead atoms. The van der Waals surface area contributed by atoms with Gasteiger partial charge in [0.1, 0.15) is 5.02 Å². The van der Waals surface area contributed by atoms with Crippen molar-refractivity contribution in [2.45, 2.75) is 13.8 Å². The van der Waals surface area contributed by atoms with Crippen LogP contribution in [0.4, 0.5) is 0 Å². The van der Waals surface area contributed by atoms with Crippen molar-refractivity contribution in [1.82, 2.24) is 20.0 Å². The number of hydrogen-bond acceptors (Lipinski definition) is 5. The SMILES string of the molecule is Cc1cccc(-c2nnc(-c3c(Cl)c(C(=O)O)nn3-c3ccccc3C)o2)c1. The second kappa shape index (κ2) is 6.94. The van der Waals surface area contributed by atoms with Gasteiger partial charge in [0.15, 0.2) is 11.4 Å². The third-order valence-electron chi connectivity index (χ3n) is 4.27. The number of carboxylic acid groups (broad SMARTS) is 1. The highest BCUT2D eigenvalue weighted by atomic mass is 35.5. The maximum atomic E-state index is 11.6. The minimum Gasteiger partial charge on any atom is -0.476 e. The minimum absolute atomic E-state index is 0.0600. The lowest BCUT2D eigenvalue weighted by atomic mass is 10.1. The fourth-order valence-corrected chi connectivity index (χ4v) is 3.19. The van der Waals surface area contributed by atoms with Crippen molar-refractivity contribution < 1.29 is 14.3 Å². The summed E-state index contributed by atoms with van der Waals surface area (Å²) in [6.07, 6.45) is 0. The van der Waals surface area contributed by atoms with E-state index in [-0.39, 0.29) is 22.3 Å². The molecule has 2 heterocycles. The number of rotatable bonds is 4. The van der Waals surface area contributed by atoms with Crippen LogP contribution in [0, 0.1) is 13.8 Å². The molecule has 2 aromatic carbocycles. The molecule has 0 atom stereocenters. The molecule has 1 N–H and O–H groups in total. The normalized spacial score (nSPS) is 11.0. The highest BCUT2D eigenvalue weighted by molar-refractivity contribution is 6.35. The highest BCUT2D eigenvalue weighted by Gasteiger charge is 2.27. The van der Waals surface area contributed by atoms with Gasteiger partial charge in [0.2, 0.25) is 5.89 Å². The van der Waals surface area contributed by atoms with Gasteiger partial charge >= 0.3 is 5.97 Å². The van der Waals surface area contributed by atoms with Crippen LogP contribution < -0.4 is 0 Å². The molecular weight excluding hydrogens is 380 g/mol. The molecule has 0 aliphatic rings. The molecule has 0 aliphatic heterocycles. The second-order valence-electron chi connectivity index (χ2n) is 6.30. The third-order valence-corrected chi connectivity index (χ3v) is 4.62. The number of halogens is 1. The van der Waals surface area contributed by atoms with Crippen LogP contribution >= 0.6 is 11.6 Å². The summed E-state index contributed by atoms with van der Waals surface area (Å²) >= 11 is 6.35. The number of aromatic nitrogens is 4. The summed E-state index contributed by atoms with van der Waals surface area (Å²) in [5.41, 5.74) is 3.32. The molecule has 0 fully saturated rings. The van der Waals surface area contributed by atoms with E-state index < -0.39 is 5.97 Å². The Balaban J connectivity index is 1.91. The van der Waals surface area contributed by atoms with Crippen LogP contribution in [0.2, 0.25) is 5.02 Å². The smallest absolute Gasteiger partial charge is 0.358 e. The topological polar surface area (TPSA) is 94.0 Å². The van der Waals surface area contributed by atoms with E-state index in [0.29, 0.717) is 11.6 Å². The van der Waals surface area contributed by atoms with E-state index in [1.165, 1.54) is 4.68 Å². The van der Waals surface area contributed by atoms with Crippen molar-refractivity contribution in [3.8, 4) is 28.7 Å². The highest BCUT2D eigenvalue weighted by Crippen LogP contribution is 2.34. The first-order chi connectivity index (χ1) is 13.5. The molecule has 4 rings (SSSR count). The third kappa shape index (κ3) is 3.05. The summed E-state index contributed by atoms with van der Waals surface area (Å²) in [4.78, 5) is 11.6. The van der Waals surface area contributed by atoms with E-state index in [4.69, 9.17) is 16.0 Å².